The summed E-state index contributed by atoms with van der Waals surface area (Å²) < 4.78 is 46.3. The summed E-state index contributed by atoms with van der Waals surface area (Å²) in [5, 5.41) is 0. The number of rotatable bonds is 5. The van der Waals surface area contributed by atoms with E-state index in [0.717, 1.165) is 43.6 Å². The SMILES string of the molecule is CCO[C@H]1Cc2cc(C(F)(F)F)ccc2[C@@H]1N1CCN(C2(C)CCN(C(=O)c3c(C)ncnc3C)CC2)C[C@@H]1C. The van der Waals surface area contributed by atoms with Crippen molar-refractivity contribution in [3.8, 4) is 0 Å². The van der Waals surface area contributed by atoms with Crippen molar-refractivity contribution in [2.45, 2.75) is 83.8 Å². The summed E-state index contributed by atoms with van der Waals surface area (Å²) in [5.41, 5.74) is 3.11. The maximum atomic E-state index is 13.4. The lowest BCUT2D eigenvalue weighted by Gasteiger charge is -2.53. The predicted octanol–water partition coefficient (Wildman–Crippen LogP) is 4.82. The number of carbonyl (C=O) groups is 1. The number of aromatic nitrogens is 2. The van der Waals surface area contributed by atoms with E-state index in [1.165, 1.54) is 18.5 Å². The Morgan fingerprint density at radius 3 is 2.38 bits per heavy atom. The molecule has 1 amide bonds. The van der Waals surface area contributed by atoms with Gasteiger partial charge in [-0.15, -0.1) is 0 Å². The van der Waals surface area contributed by atoms with Gasteiger partial charge in [0.25, 0.3) is 5.91 Å². The van der Waals surface area contributed by atoms with Gasteiger partial charge in [0.05, 0.1) is 34.7 Å². The third-order valence-corrected chi connectivity index (χ3v) is 9.31. The van der Waals surface area contributed by atoms with E-state index in [1.807, 2.05) is 25.7 Å². The molecule has 2 fully saturated rings. The van der Waals surface area contributed by atoms with Gasteiger partial charge in [-0.1, -0.05) is 6.07 Å². The average Bonchev–Trinajstić information content (AvgIpc) is 3.25. The second kappa shape index (κ2) is 11.0. The van der Waals surface area contributed by atoms with E-state index in [4.69, 9.17) is 4.74 Å². The zero-order valence-electron chi connectivity index (χ0n) is 24.1. The molecule has 0 unspecified atom stereocenters. The normalized spacial score (nSPS) is 25.7. The van der Waals surface area contributed by atoms with Crippen molar-refractivity contribution in [3.63, 3.8) is 0 Å². The summed E-state index contributed by atoms with van der Waals surface area (Å²) in [6.45, 7) is 14.6. The number of piperazine rings is 1. The number of hydrogen-bond acceptors (Lipinski definition) is 6. The van der Waals surface area contributed by atoms with Crippen LogP contribution in [0.3, 0.4) is 0 Å². The number of carbonyl (C=O) groups excluding carboxylic acids is 1. The third kappa shape index (κ3) is 5.37. The monoisotopic (exact) mass is 559 g/mol. The lowest BCUT2D eigenvalue weighted by atomic mass is 9.86. The highest BCUT2D eigenvalue weighted by Gasteiger charge is 2.45. The summed E-state index contributed by atoms with van der Waals surface area (Å²) in [6.07, 6.45) is -0.754. The van der Waals surface area contributed by atoms with Crippen molar-refractivity contribution in [1.29, 1.82) is 0 Å². The van der Waals surface area contributed by atoms with Gasteiger partial charge in [-0.2, -0.15) is 13.2 Å². The number of amides is 1. The lowest BCUT2D eigenvalue weighted by Crippen LogP contribution is -2.62. The van der Waals surface area contributed by atoms with Crippen molar-refractivity contribution < 1.29 is 22.7 Å². The number of benzene rings is 1. The summed E-state index contributed by atoms with van der Waals surface area (Å²) in [5.74, 6) is 0.00591. The molecule has 2 aromatic rings. The maximum absolute atomic E-state index is 13.4. The molecule has 0 saturated carbocycles. The zero-order valence-corrected chi connectivity index (χ0v) is 24.1. The average molecular weight is 560 g/mol. The fourth-order valence-corrected chi connectivity index (χ4v) is 6.98. The quantitative estimate of drug-likeness (QED) is 0.524. The van der Waals surface area contributed by atoms with Crippen LogP contribution in [0.2, 0.25) is 0 Å². The smallest absolute Gasteiger partial charge is 0.376 e. The number of hydrogen-bond donors (Lipinski definition) is 0. The number of ether oxygens (including phenoxy) is 1. The fourth-order valence-electron chi connectivity index (χ4n) is 6.98. The van der Waals surface area contributed by atoms with Crippen molar-refractivity contribution in [3.05, 3.63) is 58.2 Å². The van der Waals surface area contributed by atoms with E-state index in [0.29, 0.717) is 43.1 Å². The van der Waals surface area contributed by atoms with Crippen molar-refractivity contribution >= 4 is 5.91 Å². The minimum Gasteiger partial charge on any atom is -0.376 e. The van der Waals surface area contributed by atoms with Gasteiger partial charge in [0.2, 0.25) is 0 Å². The Labute approximate surface area is 234 Å². The highest BCUT2D eigenvalue weighted by molar-refractivity contribution is 5.96. The number of nitrogens with zero attached hydrogens (tertiary/aromatic N) is 5. The molecular formula is C30H40F3N5O2. The van der Waals surface area contributed by atoms with E-state index in [-0.39, 0.29) is 29.6 Å². The van der Waals surface area contributed by atoms with Gasteiger partial charge in [0, 0.05) is 57.3 Å². The number of halogens is 3. The standard InChI is InChI=1S/C30H40F3N5O2/c1-6-40-25-16-22-15-23(30(31,32)33)7-8-24(22)27(25)38-14-13-37(17-19(38)2)29(5)9-11-36(12-10-29)28(39)26-20(3)34-18-35-21(26)4/h7-8,15,18-19,25,27H,6,9-14,16-17H2,1-5H3/t19-,25-,27-/m0/s1. The first-order valence-corrected chi connectivity index (χ1v) is 14.3. The number of aryl methyl sites for hydroxylation is 2. The van der Waals surface area contributed by atoms with E-state index in [1.54, 1.807) is 6.07 Å². The first-order chi connectivity index (χ1) is 18.9. The van der Waals surface area contributed by atoms with E-state index >= 15 is 0 Å². The Kier molecular flexibility index (Phi) is 7.98. The topological polar surface area (TPSA) is 61.8 Å². The van der Waals surface area contributed by atoms with Crippen LogP contribution in [-0.4, -0.2) is 87.6 Å². The van der Waals surface area contributed by atoms with Crippen LogP contribution in [0, 0.1) is 13.8 Å². The second-order valence-electron chi connectivity index (χ2n) is 11.8. The first-order valence-electron chi connectivity index (χ1n) is 14.3. The minimum absolute atomic E-state index is 0.00591. The van der Waals surface area contributed by atoms with Crippen LogP contribution in [0.4, 0.5) is 13.2 Å². The third-order valence-electron chi connectivity index (χ3n) is 9.31. The molecule has 0 radical (unpaired) electrons. The van der Waals surface area contributed by atoms with Gasteiger partial charge in [0.15, 0.2) is 0 Å². The highest BCUT2D eigenvalue weighted by atomic mass is 19.4. The molecule has 3 atom stereocenters. The van der Waals surface area contributed by atoms with Crippen LogP contribution in [0.1, 0.15) is 78.1 Å². The first kappa shape index (κ1) is 29.0. The van der Waals surface area contributed by atoms with Crippen LogP contribution in [-0.2, 0) is 17.3 Å². The Balaban J connectivity index is 1.26. The molecule has 3 heterocycles. The number of fused-ring (bicyclic) bond motifs is 1. The van der Waals surface area contributed by atoms with Gasteiger partial charge >= 0.3 is 6.18 Å². The molecule has 1 aromatic carbocycles. The summed E-state index contributed by atoms with van der Waals surface area (Å²) in [6, 6.07) is 4.33. The van der Waals surface area contributed by atoms with Gasteiger partial charge in [-0.3, -0.25) is 14.6 Å². The van der Waals surface area contributed by atoms with Gasteiger partial charge < -0.3 is 9.64 Å². The molecule has 0 spiro atoms. The van der Waals surface area contributed by atoms with Gasteiger partial charge in [-0.25, -0.2) is 9.97 Å². The molecule has 5 rings (SSSR count). The summed E-state index contributed by atoms with van der Waals surface area (Å²) >= 11 is 0. The summed E-state index contributed by atoms with van der Waals surface area (Å²) in [4.78, 5) is 28.6. The molecule has 2 aliphatic heterocycles. The Bertz CT molecular complexity index is 1220. The van der Waals surface area contributed by atoms with E-state index in [9.17, 15) is 18.0 Å². The number of alkyl halides is 3. The van der Waals surface area contributed by atoms with Crippen LogP contribution < -0.4 is 0 Å². The molecule has 0 N–H and O–H groups in total. The van der Waals surface area contributed by atoms with E-state index < -0.39 is 11.7 Å². The second-order valence-corrected chi connectivity index (χ2v) is 11.8. The van der Waals surface area contributed by atoms with Crippen molar-refractivity contribution in [1.82, 2.24) is 24.7 Å². The number of likely N-dealkylation sites (tertiary alicyclic amines) is 1. The van der Waals surface area contributed by atoms with Gasteiger partial charge in [-0.05, 0) is 70.7 Å². The molecule has 2 saturated heterocycles. The molecule has 0 bridgehead atoms. The van der Waals surface area contributed by atoms with Crippen LogP contribution >= 0.6 is 0 Å². The lowest BCUT2D eigenvalue weighted by molar-refractivity contribution is -0.137. The molecule has 40 heavy (non-hydrogen) atoms. The van der Waals surface area contributed by atoms with Crippen LogP contribution in [0.15, 0.2) is 24.5 Å². The molecule has 1 aromatic heterocycles. The fraction of sp³-hybridized carbons (Fsp3) is 0.633. The molecule has 1 aliphatic carbocycles. The Morgan fingerprint density at radius 2 is 1.77 bits per heavy atom. The number of piperidine rings is 1. The molecule has 10 heteroatoms. The highest BCUT2D eigenvalue weighted by Crippen LogP contribution is 2.43. The Hall–Kier alpha value is -2.56. The summed E-state index contributed by atoms with van der Waals surface area (Å²) in [7, 11) is 0. The van der Waals surface area contributed by atoms with Crippen LogP contribution in [0.5, 0.6) is 0 Å². The Morgan fingerprint density at radius 1 is 1.10 bits per heavy atom. The predicted molar refractivity (Wildman–Crippen MR) is 146 cm³/mol. The van der Waals surface area contributed by atoms with Crippen LogP contribution in [0.25, 0.3) is 0 Å². The minimum atomic E-state index is -4.35. The zero-order chi connectivity index (χ0) is 28.8. The van der Waals surface area contributed by atoms with Crippen molar-refractivity contribution in [2.75, 3.05) is 39.3 Å². The molecule has 218 valence electrons. The van der Waals surface area contributed by atoms with Crippen molar-refractivity contribution in [2.24, 2.45) is 0 Å². The molecule has 7 nitrogen and oxygen atoms in total. The molecule has 3 aliphatic rings. The van der Waals surface area contributed by atoms with Gasteiger partial charge in [0.1, 0.15) is 6.33 Å². The largest absolute Gasteiger partial charge is 0.416 e. The molecular weight excluding hydrogens is 519 g/mol. The maximum Gasteiger partial charge on any atom is 0.416 e. The van der Waals surface area contributed by atoms with E-state index in [2.05, 4.69) is 33.6 Å².